The molecule has 107 heavy (non-hydrogen) atoms. The molecule has 0 aliphatic heterocycles. The minimum Gasteiger partial charge on any atom is -0.305 e. The summed E-state index contributed by atoms with van der Waals surface area (Å²) in [5.41, 5.74) is 29.2. The smallest absolute Gasteiger partial charge is 0.0198 e. The van der Waals surface area contributed by atoms with E-state index < -0.39 is 0 Å². The van der Waals surface area contributed by atoms with E-state index in [-0.39, 0.29) is 102 Å². The Morgan fingerprint density at radius 2 is 0.636 bits per heavy atom. The number of aromatic nitrogens is 5. The number of nitrogens with zero attached hydrogens (tertiary/aromatic N) is 5. The molecular formula is C98H94Ir4N5-5. The maximum absolute atomic E-state index is 4.59. The van der Waals surface area contributed by atoms with Gasteiger partial charge in [-0.2, -0.15) is 0 Å². The van der Waals surface area contributed by atoms with Gasteiger partial charge in [-0.15, -0.1) is 155 Å². The summed E-state index contributed by atoms with van der Waals surface area (Å²) in [6, 6.07) is 109. The first-order valence-corrected chi connectivity index (χ1v) is 35.4. The molecule has 0 fully saturated rings. The van der Waals surface area contributed by atoms with Crippen LogP contribution in [-0.2, 0) is 102 Å². The van der Waals surface area contributed by atoms with E-state index in [0.717, 1.165) is 56.3 Å². The van der Waals surface area contributed by atoms with Gasteiger partial charge in [0.05, 0.1) is 0 Å². The van der Waals surface area contributed by atoms with Crippen molar-refractivity contribution in [2.75, 3.05) is 0 Å². The first-order valence-electron chi connectivity index (χ1n) is 35.4. The molecule has 9 heteroatoms. The Hall–Kier alpha value is -8.67. The minimum absolute atomic E-state index is 0. The Morgan fingerprint density at radius 3 is 1.06 bits per heavy atom. The van der Waals surface area contributed by atoms with E-state index in [1.165, 1.54) is 83.5 Å². The summed E-state index contributed by atoms with van der Waals surface area (Å²) in [6.07, 6.45) is 9.29. The van der Waals surface area contributed by atoms with Crippen molar-refractivity contribution in [2.45, 2.75) is 126 Å². The molecule has 14 aromatic rings. The Kier molecular flexibility index (Phi) is 33.0. The van der Waals surface area contributed by atoms with Gasteiger partial charge < -0.3 is 24.9 Å². The van der Waals surface area contributed by atoms with Gasteiger partial charge in [-0.1, -0.05) is 290 Å². The maximum atomic E-state index is 4.59. The Bertz CT molecular complexity index is 4930. The molecule has 552 valence electrons. The van der Waals surface area contributed by atoms with Gasteiger partial charge in [0.25, 0.3) is 0 Å². The van der Waals surface area contributed by atoms with Crippen LogP contribution in [0, 0.1) is 51.1 Å². The Labute approximate surface area is 692 Å². The molecular weight excluding hydrogens is 2020 g/mol. The van der Waals surface area contributed by atoms with Gasteiger partial charge in [-0.25, -0.2) is 0 Å². The zero-order valence-electron chi connectivity index (χ0n) is 63.9. The summed E-state index contributed by atoms with van der Waals surface area (Å²) in [4.78, 5) is 22.1. The summed E-state index contributed by atoms with van der Waals surface area (Å²) >= 11 is 0. The van der Waals surface area contributed by atoms with E-state index in [1.54, 1.807) is 6.20 Å². The Morgan fingerprint density at radius 1 is 0.243 bits per heavy atom. The van der Waals surface area contributed by atoms with Crippen molar-refractivity contribution in [2.24, 2.45) is 0 Å². The van der Waals surface area contributed by atoms with Crippen LogP contribution in [0.5, 0.6) is 0 Å². The average Bonchev–Trinajstić information content (AvgIpc) is 0.813. The predicted molar refractivity (Wildman–Crippen MR) is 433 cm³/mol. The second kappa shape index (κ2) is 40.5. The molecule has 5 aromatic heterocycles. The molecule has 0 aliphatic carbocycles. The third kappa shape index (κ3) is 25.5. The van der Waals surface area contributed by atoms with Crippen molar-refractivity contribution in [1.82, 2.24) is 24.9 Å². The summed E-state index contributed by atoms with van der Waals surface area (Å²) in [7, 11) is 0. The number of hydrogen-bond acceptors (Lipinski definition) is 5. The molecule has 0 saturated heterocycles. The van der Waals surface area contributed by atoms with E-state index in [9.17, 15) is 0 Å². The van der Waals surface area contributed by atoms with Gasteiger partial charge >= 0.3 is 0 Å². The summed E-state index contributed by atoms with van der Waals surface area (Å²) in [6.45, 7) is 33.0. The SMILES string of the molecule is CC(C)(C)c1ccc(-c2[c-]cc(-c3ccccc3)cc2)nc1.Cc1ccnc(-c2[c-]cc(-c3ccc(C(C)(C)C)cc3)cc2)c1.Cc1ccnc(-c2[c-]cc(-c3cccc(C(C)(C)C)c3)cc2)c1.Cc1ccnc(-c2[c-]cc(-c3ccccc3C(C)(C)C)cc2)c1.[Ir].[Ir].[Ir].[Ir].[c-]1ccccc1-c1ccccn1. The molecule has 0 unspecified atom stereocenters. The van der Waals surface area contributed by atoms with Crippen molar-refractivity contribution in [1.29, 1.82) is 0 Å². The molecule has 5 nitrogen and oxygen atoms in total. The van der Waals surface area contributed by atoms with Gasteiger partial charge in [-0.3, -0.25) is 0 Å². The zero-order valence-corrected chi connectivity index (χ0v) is 73.4. The molecule has 14 rings (SSSR count). The van der Waals surface area contributed by atoms with E-state index in [0.29, 0.717) is 0 Å². The molecule has 0 bridgehead atoms. The summed E-state index contributed by atoms with van der Waals surface area (Å²) < 4.78 is 0. The van der Waals surface area contributed by atoms with E-state index in [4.69, 9.17) is 0 Å². The zero-order chi connectivity index (χ0) is 73.2. The minimum atomic E-state index is 0. The van der Waals surface area contributed by atoms with Crippen LogP contribution in [0.15, 0.2) is 298 Å². The van der Waals surface area contributed by atoms with E-state index in [1.807, 2.05) is 104 Å². The second-order valence-electron chi connectivity index (χ2n) is 30.1. The van der Waals surface area contributed by atoms with Crippen LogP contribution in [0.3, 0.4) is 0 Å². The van der Waals surface area contributed by atoms with Crippen molar-refractivity contribution in [3.05, 3.63) is 367 Å². The standard InChI is InChI=1S/3C22H22N.C21H20N.C11H8N.4Ir/c1-16-13-14-23-21(15-16)19-7-5-17(6-8-19)18-9-11-20(12-10-18)22(2,3)4;1-16-12-13-23-21(14-16)18-10-8-17(9-11-18)19-6-5-7-20(15-19)22(2,3)4;1-16-13-14-23-21(15-16)18-11-9-17(10-12-18)19-7-5-6-8-20(19)22(2,3)4;1-21(2,3)19-13-14-20(22-15-19)18-11-9-17(10-12-18)16-7-5-4-6-8-16;1-2-6-10(7-3-1)11-8-4-5-9-12-11;;;;/h5-7,9-15H,1-4H3;5-10,12-15H,1-4H3;5-11,13-15H,1-4H3;4-11,13-15H,1-3H3;1-6,8-9H;;;;/q5*-1;;;;. The molecule has 0 amide bonds. The van der Waals surface area contributed by atoms with Gasteiger partial charge in [0.1, 0.15) is 0 Å². The van der Waals surface area contributed by atoms with Gasteiger partial charge in [0.15, 0.2) is 0 Å². The fourth-order valence-electron chi connectivity index (χ4n) is 11.5. The van der Waals surface area contributed by atoms with Crippen molar-refractivity contribution >= 4 is 0 Å². The van der Waals surface area contributed by atoms with Crippen LogP contribution in [0.4, 0.5) is 0 Å². The molecule has 5 heterocycles. The molecule has 0 saturated carbocycles. The van der Waals surface area contributed by atoms with Crippen LogP contribution in [-0.4, -0.2) is 24.9 Å². The number of benzene rings is 9. The molecule has 0 N–H and O–H groups in total. The number of rotatable bonds is 9. The van der Waals surface area contributed by atoms with Crippen molar-refractivity contribution in [3.63, 3.8) is 0 Å². The normalized spacial score (nSPS) is 10.8. The van der Waals surface area contributed by atoms with Crippen molar-refractivity contribution < 1.29 is 80.4 Å². The largest absolute Gasteiger partial charge is 0.305 e. The van der Waals surface area contributed by atoms with Crippen molar-refractivity contribution in [3.8, 4) is 101 Å². The van der Waals surface area contributed by atoms with Crippen LogP contribution >= 0.6 is 0 Å². The summed E-state index contributed by atoms with van der Waals surface area (Å²) in [5, 5.41) is 0. The van der Waals surface area contributed by atoms with E-state index in [2.05, 4.69) is 347 Å². The number of pyridine rings is 5. The maximum Gasteiger partial charge on any atom is 0.0198 e. The first kappa shape index (κ1) is 87.2. The molecule has 4 radical (unpaired) electrons. The van der Waals surface area contributed by atoms with Crippen LogP contribution < -0.4 is 0 Å². The first-order chi connectivity index (χ1) is 49.3. The monoisotopic (exact) mass is 2110 g/mol. The van der Waals surface area contributed by atoms with Crippen LogP contribution in [0.25, 0.3) is 101 Å². The topological polar surface area (TPSA) is 64.5 Å². The fraction of sp³-hybridized carbons (Fsp3) is 0.194. The van der Waals surface area contributed by atoms with Gasteiger partial charge in [0, 0.05) is 111 Å². The molecule has 0 atom stereocenters. The number of hydrogen-bond donors (Lipinski definition) is 0. The van der Waals surface area contributed by atoms with Crippen LogP contribution in [0.2, 0.25) is 0 Å². The van der Waals surface area contributed by atoms with Gasteiger partial charge in [0.2, 0.25) is 0 Å². The average molecular weight is 2110 g/mol. The quantitative estimate of drug-likeness (QED) is 0.135. The predicted octanol–water partition coefficient (Wildman–Crippen LogP) is 25.5. The molecule has 0 spiro atoms. The third-order valence-electron chi connectivity index (χ3n) is 17.7. The second-order valence-corrected chi connectivity index (χ2v) is 30.1. The fourth-order valence-corrected chi connectivity index (χ4v) is 11.5. The number of aryl methyl sites for hydroxylation is 3. The molecule has 0 aliphatic rings. The summed E-state index contributed by atoms with van der Waals surface area (Å²) in [5.74, 6) is 0. The third-order valence-corrected chi connectivity index (χ3v) is 17.7. The Balaban J connectivity index is 0.000000210. The molecule has 9 aromatic carbocycles. The van der Waals surface area contributed by atoms with Gasteiger partial charge in [-0.05, 0) is 117 Å². The van der Waals surface area contributed by atoms with E-state index >= 15 is 0 Å². The van der Waals surface area contributed by atoms with Crippen LogP contribution in [0.1, 0.15) is 122 Å².